The van der Waals surface area contributed by atoms with Crippen LogP contribution in [0.3, 0.4) is 0 Å². The Morgan fingerprint density at radius 3 is 2.26 bits per heavy atom. The Kier molecular flexibility index (Phi) is 6.27. The van der Waals surface area contributed by atoms with Gasteiger partial charge in [-0.3, -0.25) is 4.79 Å². The topological polar surface area (TPSA) is 134 Å². The Morgan fingerprint density at radius 2 is 1.62 bits per heavy atom. The Bertz CT molecular complexity index is 1270. The maximum atomic E-state index is 13.0. The highest BCUT2D eigenvalue weighted by molar-refractivity contribution is 6.09. The predicted octanol–water partition coefficient (Wildman–Crippen LogP) is 5.60. The van der Waals surface area contributed by atoms with Gasteiger partial charge in [-0.15, -0.1) is 0 Å². The number of anilines is 1. The number of rotatable bonds is 5. The highest BCUT2D eigenvalue weighted by Gasteiger charge is 2.36. The molecular weight excluding hydrogens is 432 g/mol. The van der Waals surface area contributed by atoms with Crippen LogP contribution in [0.4, 0.5) is 21.9 Å². The molecule has 1 heterocycles. The van der Waals surface area contributed by atoms with E-state index in [2.05, 4.69) is 39.9 Å². The number of carbonyl (C=O) groups excluding carboxylic acids is 2. The van der Waals surface area contributed by atoms with Gasteiger partial charge in [0.1, 0.15) is 5.76 Å². The molecule has 3 amide bonds. The number of urea groups is 1. The van der Waals surface area contributed by atoms with Crippen molar-refractivity contribution in [1.29, 1.82) is 0 Å². The van der Waals surface area contributed by atoms with Crippen molar-refractivity contribution in [3.8, 4) is 0 Å². The van der Waals surface area contributed by atoms with Crippen LogP contribution in [0.2, 0.25) is 0 Å². The fourth-order valence-electron chi connectivity index (χ4n) is 3.96. The monoisotopic (exact) mass is 458 g/mol. The maximum absolute atomic E-state index is 13.0. The number of fused-ring (bicyclic) bond motifs is 1. The van der Waals surface area contributed by atoms with Gasteiger partial charge in [-0.05, 0) is 55.2 Å². The maximum Gasteiger partial charge on any atom is 0.332 e. The molecule has 1 aliphatic carbocycles. The zero-order valence-corrected chi connectivity index (χ0v) is 19.3. The number of hydrazone groups is 1. The summed E-state index contributed by atoms with van der Waals surface area (Å²) in [6, 6.07) is 15.7. The number of nitrogens with zero attached hydrogens (tertiary/aromatic N) is 3. The second-order valence-corrected chi connectivity index (χ2v) is 8.94. The lowest BCUT2D eigenvalue weighted by Gasteiger charge is -2.29. The van der Waals surface area contributed by atoms with E-state index in [0.717, 1.165) is 11.3 Å². The van der Waals surface area contributed by atoms with Crippen LogP contribution in [0.15, 0.2) is 74.3 Å². The number of azo groups is 1. The lowest BCUT2D eigenvalue weighted by atomic mass is 9.75. The van der Waals surface area contributed by atoms with Gasteiger partial charge in [0.2, 0.25) is 0 Å². The molecule has 0 spiro atoms. The van der Waals surface area contributed by atoms with E-state index < -0.39 is 6.03 Å². The number of primary amides is 1. The summed E-state index contributed by atoms with van der Waals surface area (Å²) < 4.78 is 5.98. The van der Waals surface area contributed by atoms with Gasteiger partial charge in [-0.1, -0.05) is 32.0 Å². The number of nitrogens with two attached hydrogens (primary N) is 1. The fraction of sp³-hybridized carbons (Fsp3) is 0.240. The van der Waals surface area contributed by atoms with Crippen molar-refractivity contribution in [2.45, 2.75) is 33.6 Å². The highest BCUT2D eigenvalue weighted by Crippen LogP contribution is 2.39. The molecule has 0 saturated heterocycles. The zero-order valence-electron chi connectivity index (χ0n) is 19.3. The SMILES string of the molecule is Cc1c(C(=O)Nc2ccc(N=Nc3ccccc3)cc2)oc2c1/C(=N\NC(N)=O)CC(C)(C)C2. The van der Waals surface area contributed by atoms with Gasteiger partial charge in [0.05, 0.1) is 17.1 Å². The van der Waals surface area contributed by atoms with Gasteiger partial charge in [0.15, 0.2) is 5.76 Å². The van der Waals surface area contributed by atoms with Crippen molar-refractivity contribution in [1.82, 2.24) is 5.43 Å². The molecule has 34 heavy (non-hydrogen) atoms. The second kappa shape index (κ2) is 9.30. The standard InChI is InChI=1S/C25H26N6O3/c1-15-21-19(30-31-24(26)33)13-25(2,3)14-20(21)34-22(15)23(32)27-16-9-11-18(12-10-16)29-28-17-7-5-4-6-8-17/h4-12H,13-14H2,1-3H3,(H,27,32)(H3,26,31,33)/b29-28?,30-19-. The molecule has 4 rings (SSSR count). The molecule has 174 valence electrons. The number of hydrogen-bond donors (Lipinski definition) is 3. The van der Waals surface area contributed by atoms with Gasteiger partial charge in [0, 0.05) is 23.2 Å². The second-order valence-electron chi connectivity index (χ2n) is 8.94. The average molecular weight is 459 g/mol. The minimum absolute atomic E-state index is 0.146. The predicted molar refractivity (Wildman–Crippen MR) is 130 cm³/mol. The molecule has 0 saturated carbocycles. The Balaban J connectivity index is 1.52. The van der Waals surface area contributed by atoms with Crippen LogP contribution in [0, 0.1) is 12.3 Å². The lowest BCUT2D eigenvalue weighted by molar-refractivity contribution is 0.0993. The van der Waals surface area contributed by atoms with E-state index >= 15 is 0 Å². The number of hydrogen-bond acceptors (Lipinski definition) is 6. The van der Waals surface area contributed by atoms with Crippen LogP contribution in [0.25, 0.3) is 0 Å². The first-order valence-electron chi connectivity index (χ1n) is 10.8. The summed E-state index contributed by atoms with van der Waals surface area (Å²) in [7, 11) is 0. The molecule has 2 aromatic carbocycles. The number of amides is 3. The Morgan fingerprint density at radius 1 is 0.971 bits per heavy atom. The molecule has 1 aliphatic rings. The minimum Gasteiger partial charge on any atom is -0.455 e. The third-order valence-corrected chi connectivity index (χ3v) is 5.46. The van der Waals surface area contributed by atoms with E-state index in [9.17, 15) is 9.59 Å². The van der Waals surface area contributed by atoms with Crippen LogP contribution in [-0.4, -0.2) is 17.6 Å². The van der Waals surface area contributed by atoms with Crippen LogP contribution in [0.5, 0.6) is 0 Å². The van der Waals surface area contributed by atoms with Gasteiger partial charge < -0.3 is 15.5 Å². The number of furan rings is 1. The first-order chi connectivity index (χ1) is 16.2. The van der Waals surface area contributed by atoms with E-state index in [1.165, 1.54) is 0 Å². The van der Waals surface area contributed by atoms with Crippen LogP contribution >= 0.6 is 0 Å². The van der Waals surface area contributed by atoms with Crippen molar-refractivity contribution in [3.63, 3.8) is 0 Å². The third kappa shape index (κ3) is 5.20. The van der Waals surface area contributed by atoms with E-state index in [1.807, 2.05) is 37.3 Å². The largest absolute Gasteiger partial charge is 0.455 e. The first kappa shape index (κ1) is 22.9. The van der Waals surface area contributed by atoms with E-state index in [-0.39, 0.29) is 17.1 Å². The van der Waals surface area contributed by atoms with Crippen LogP contribution in [0.1, 0.15) is 47.7 Å². The Labute approximate surface area is 197 Å². The molecule has 0 atom stereocenters. The molecule has 4 N–H and O–H groups in total. The summed E-state index contributed by atoms with van der Waals surface area (Å²) in [5.74, 6) is 0.508. The minimum atomic E-state index is -0.747. The van der Waals surface area contributed by atoms with Crippen molar-refractivity contribution in [3.05, 3.63) is 77.2 Å². The summed E-state index contributed by atoms with van der Waals surface area (Å²) >= 11 is 0. The summed E-state index contributed by atoms with van der Waals surface area (Å²) in [5.41, 5.74) is 11.4. The molecule has 9 nitrogen and oxygen atoms in total. The van der Waals surface area contributed by atoms with E-state index in [1.54, 1.807) is 24.3 Å². The molecule has 3 aromatic rings. The Hall–Kier alpha value is -4.27. The quantitative estimate of drug-likeness (QED) is 0.339. The van der Waals surface area contributed by atoms with Crippen molar-refractivity contribution >= 4 is 34.7 Å². The van der Waals surface area contributed by atoms with Gasteiger partial charge in [-0.2, -0.15) is 15.3 Å². The van der Waals surface area contributed by atoms with Crippen LogP contribution < -0.4 is 16.5 Å². The fourth-order valence-corrected chi connectivity index (χ4v) is 3.96. The highest BCUT2D eigenvalue weighted by atomic mass is 16.4. The van der Waals surface area contributed by atoms with Crippen molar-refractivity contribution in [2.75, 3.05) is 5.32 Å². The lowest BCUT2D eigenvalue weighted by Crippen LogP contribution is -2.31. The molecule has 0 fully saturated rings. The molecule has 0 aliphatic heterocycles. The van der Waals surface area contributed by atoms with E-state index in [0.29, 0.717) is 41.3 Å². The van der Waals surface area contributed by atoms with Crippen molar-refractivity contribution < 1.29 is 14.0 Å². The smallest absolute Gasteiger partial charge is 0.332 e. The molecule has 0 bridgehead atoms. The number of benzene rings is 2. The van der Waals surface area contributed by atoms with Gasteiger partial charge >= 0.3 is 6.03 Å². The molecule has 0 unspecified atom stereocenters. The van der Waals surface area contributed by atoms with Crippen molar-refractivity contribution in [2.24, 2.45) is 26.5 Å². The average Bonchev–Trinajstić information content (AvgIpc) is 3.12. The number of nitrogens with one attached hydrogen (secondary N) is 2. The van der Waals surface area contributed by atoms with Gasteiger partial charge in [0.25, 0.3) is 5.91 Å². The summed E-state index contributed by atoms with van der Waals surface area (Å²) in [5, 5.41) is 15.4. The normalized spacial score (nSPS) is 15.8. The van der Waals surface area contributed by atoms with E-state index in [4.69, 9.17) is 10.2 Å². The molecule has 1 aromatic heterocycles. The molecule has 0 radical (unpaired) electrons. The molecular formula is C25H26N6O3. The van der Waals surface area contributed by atoms with Crippen LogP contribution in [-0.2, 0) is 6.42 Å². The first-order valence-corrected chi connectivity index (χ1v) is 10.8. The number of carbonyl (C=O) groups is 2. The summed E-state index contributed by atoms with van der Waals surface area (Å²) in [4.78, 5) is 24.2. The summed E-state index contributed by atoms with van der Waals surface area (Å²) in [6.45, 7) is 5.95. The van der Waals surface area contributed by atoms with Gasteiger partial charge in [-0.25, -0.2) is 10.2 Å². The third-order valence-electron chi connectivity index (χ3n) is 5.46. The zero-order chi connectivity index (χ0) is 24.3. The summed E-state index contributed by atoms with van der Waals surface area (Å²) in [6.07, 6.45) is 1.26. The molecule has 9 heteroatoms.